The average Bonchev–Trinajstić information content (AvgIpc) is 3.37. The van der Waals surface area contributed by atoms with Crippen LogP contribution in [0.5, 0.6) is 0 Å². The molecule has 1 aliphatic heterocycles. The van der Waals surface area contributed by atoms with E-state index in [9.17, 15) is 0 Å². The van der Waals surface area contributed by atoms with E-state index >= 15 is 0 Å². The van der Waals surface area contributed by atoms with Crippen molar-refractivity contribution >= 4 is 24.4 Å². The lowest BCUT2D eigenvalue weighted by Crippen LogP contribution is -2.68. The van der Waals surface area contributed by atoms with E-state index in [1.54, 1.807) is 0 Å². The van der Waals surface area contributed by atoms with Crippen LogP contribution in [0, 0.1) is 46.3 Å². The SMILES string of the molecule is CC(C)CCC[C@@H](C)[C@H]1CC[C@H]2[C@@H]3CN=C4C[C@@H](O[Si](c5ccccc5)(c5ccccc5)C(C)(C)C)CC[C@]4(C)[C@H]3CC[C@]12C. The number of hydrogen-bond donors (Lipinski definition) is 0. The predicted octanol–water partition coefficient (Wildman–Crippen LogP) is 10.1. The highest BCUT2D eigenvalue weighted by Crippen LogP contribution is 2.65. The molecule has 3 fully saturated rings. The zero-order valence-electron chi connectivity index (χ0n) is 29.9. The summed E-state index contributed by atoms with van der Waals surface area (Å²) in [5.41, 5.74) is 2.26. The molecule has 1 heterocycles. The molecular formula is C42H63NOSi. The van der Waals surface area contributed by atoms with Crippen molar-refractivity contribution in [3.63, 3.8) is 0 Å². The fraction of sp³-hybridized carbons (Fsp3) is 0.690. The second kappa shape index (κ2) is 12.7. The van der Waals surface area contributed by atoms with E-state index in [1.165, 1.54) is 67.5 Å². The van der Waals surface area contributed by atoms with Crippen LogP contribution < -0.4 is 10.4 Å². The molecule has 3 aliphatic carbocycles. The van der Waals surface area contributed by atoms with Crippen LogP contribution in [0.15, 0.2) is 65.7 Å². The van der Waals surface area contributed by atoms with Crippen molar-refractivity contribution in [3.8, 4) is 0 Å². The molecule has 0 unspecified atom stereocenters. The Morgan fingerprint density at radius 2 is 1.47 bits per heavy atom. The second-order valence-corrected chi connectivity index (χ2v) is 22.0. The molecule has 0 aromatic heterocycles. The Morgan fingerprint density at radius 3 is 2.07 bits per heavy atom. The van der Waals surface area contributed by atoms with E-state index in [4.69, 9.17) is 9.42 Å². The topological polar surface area (TPSA) is 21.6 Å². The van der Waals surface area contributed by atoms with Crippen molar-refractivity contribution in [2.24, 2.45) is 51.3 Å². The second-order valence-electron chi connectivity index (χ2n) is 17.8. The zero-order chi connectivity index (χ0) is 32.0. The van der Waals surface area contributed by atoms with Gasteiger partial charge in [-0.15, -0.1) is 0 Å². The van der Waals surface area contributed by atoms with Gasteiger partial charge in [0.1, 0.15) is 0 Å². The third kappa shape index (κ3) is 5.85. The molecule has 3 heteroatoms. The number of rotatable bonds is 9. The fourth-order valence-corrected chi connectivity index (χ4v) is 16.1. The number of nitrogens with zero attached hydrogens (tertiary/aromatic N) is 1. The first-order valence-electron chi connectivity index (χ1n) is 18.7. The first kappa shape index (κ1) is 33.2. The maximum atomic E-state index is 7.68. The van der Waals surface area contributed by atoms with Crippen LogP contribution in [-0.4, -0.2) is 26.7 Å². The summed E-state index contributed by atoms with van der Waals surface area (Å²) in [6.07, 6.45) is 13.6. The van der Waals surface area contributed by atoms with Crippen molar-refractivity contribution in [1.82, 2.24) is 0 Å². The van der Waals surface area contributed by atoms with Crippen LogP contribution in [0.25, 0.3) is 0 Å². The van der Waals surface area contributed by atoms with Gasteiger partial charge >= 0.3 is 0 Å². The van der Waals surface area contributed by atoms with Crippen molar-refractivity contribution < 1.29 is 4.43 Å². The molecule has 0 radical (unpaired) electrons. The van der Waals surface area contributed by atoms with Crippen LogP contribution in [-0.2, 0) is 4.43 Å². The quantitative estimate of drug-likeness (QED) is 0.254. The van der Waals surface area contributed by atoms with E-state index in [1.807, 2.05) is 0 Å². The van der Waals surface area contributed by atoms with Crippen molar-refractivity contribution in [2.75, 3.05) is 6.54 Å². The summed E-state index contributed by atoms with van der Waals surface area (Å²) >= 11 is 0. The Morgan fingerprint density at radius 1 is 0.822 bits per heavy atom. The molecule has 45 heavy (non-hydrogen) atoms. The van der Waals surface area contributed by atoms with Crippen LogP contribution >= 0.6 is 0 Å². The summed E-state index contributed by atoms with van der Waals surface area (Å²) < 4.78 is 7.68. The van der Waals surface area contributed by atoms with Crippen LogP contribution in [0.2, 0.25) is 5.04 Å². The van der Waals surface area contributed by atoms with Gasteiger partial charge in [-0.25, -0.2) is 0 Å². The van der Waals surface area contributed by atoms with Gasteiger partial charge in [0.05, 0.1) is 6.10 Å². The molecule has 0 N–H and O–H groups in total. The van der Waals surface area contributed by atoms with Gasteiger partial charge in [-0.05, 0) is 94.9 Å². The lowest BCUT2D eigenvalue weighted by molar-refractivity contribution is -0.0410. The van der Waals surface area contributed by atoms with Crippen LogP contribution in [0.4, 0.5) is 0 Å². The average molecular weight is 626 g/mol. The highest BCUT2D eigenvalue weighted by Gasteiger charge is 2.60. The summed E-state index contributed by atoms with van der Waals surface area (Å²) in [6.45, 7) is 21.0. The van der Waals surface area contributed by atoms with Crippen molar-refractivity contribution in [1.29, 1.82) is 0 Å². The highest BCUT2D eigenvalue weighted by atomic mass is 28.4. The number of fused-ring (bicyclic) bond motifs is 5. The van der Waals surface area contributed by atoms with Gasteiger partial charge in [-0.2, -0.15) is 0 Å². The molecule has 4 aliphatic rings. The molecule has 6 rings (SSSR count). The Bertz CT molecular complexity index is 1270. The molecule has 0 bridgehead atoms. The lowest BCUT2D eigenvalue weighted by Gasteiger charge is -2.58. The standard InChI is InChI=1S/C42H63NOSi/c1-30(2)16-15-17-31(3)36-22-23-37-35-29-43-39-28-32(24-26-42(39,8)38(35)25-27-41(36,37)7)44-45(40(4,5)6,33-18-11-9-12-19-33)34-20-13-10-14-21-34/h9-14,18-21,30-32,35-38H,15-17,22-29H2,1-8H3/t31-,32+,35+,36-,37+,38+,41-,42-/m1/s1. The fourth-order valence-electron chi connectivity index (χ4n) is 11.4. The van der Waals surface area contributed by atoms with Crippen LogP contribution in [0.1, 0.15) is 120 Å². The van der Waals surface area contributed by atoms with Gasteiger partial charge in [0.15, 0.2) is 0 Å². The van der Waals surface area contributed by atoms with Gasteiger partial charge in [-0.1, -0.05) is 135 Å². The Hall–Kier alpha value is -1.71. The summed E-state index contributed by atoms with van der Waals surface area (Å²) in [5, 5.41) is 2.79. The lowest BCUT2D eigenvalue weighted by atomic mass is 9.49. The van der Waals surface area contributed by atoms with E-state index in [-0.39, 0.29) is 16.6 Å². The minimum Gasteiger partial charge on any atom is -0.404 e. The normalized spacial score (nSPS) is 34.1. The smallest absolute Gasteiger partial charge is 0.261 e. The molecule has 2 aromatic carbocycles. The maximum Gasteiger partial charge on any atom is 0.261 e. The molecule has 246 valence electrons. The molecule has 0 spiro atoms. The van der Waals surface area contributed by atoms with E-state index in [0.717, 1.165) is 54.9 Å². The molecule has 3 saturated carbocycles. The summed E-state index contributed by atoms with van der Waals surface area (Å²) in [7, 11) is -2.57. The van der Waals surface area contributed by atoms with Crippen LogP contribution in [0.3, 0.4) is 0 Å². The van der Waals surface area contributed by atoms with Crippen molar-refractivity contribution in [3.05, 3.63) is 60.7 Å². The van der Waals surface area contributed by atoms with Gasteiger partial charge in [0.2, 0.25) is 0 Å². The molecule has 0 amide bonds. The minimum atomic E-state index is -2.57. The summed E-state index contributed by atoms with van der Waals surface area (Å²) in [5.74, 6) is 5.04. The number of aliphatic imine (C=N–C) groups is 1. The van der Waals surface area contributed by atoms with E-state index in [2.05, 4.69) is 116 Å². The third-order valence-corrected chi connectivity index (χ3v) is 18.9. The van der Waals surface area contributed by atoms with Gasteiger partial charge in [0, 0.05) is 24.1 Å². The first-order valence-corrected chi connectivity index (χ1v) is 20.6. The Labute approximate surface area is 277 Å². The highest BCUT2D eigenvalue weighted by molar-refractivity contribution is 6.99. The molecular weight excluding hydrogens is 563 g/mol. The van der Waals surface area contributed by atoms with Gasteiger partial charge < -0.3 is 4.43 Å². The number of benzene rings is 2. The Balaban J connectivity index is 1.23. The van der Waals surface area contributed by atoms with E-state index < -0.39 is 8.32 Å². The minimum absolute atomic E-state index is 0.00862. The first-order chi connectivity index (χ1) is 21.4. The maximum absolute atomic E-state index is 7.68. The number of hydrogen-bond acceptors (Lipinski definition) is 2. The summed E-state index contributed by atoms with van der Waals surface area (Å²) in [6, 6.07) is 22.4. The third-order valence-electron chi connectivity index (χ3n) is 13.8. The molecule has 8 atom stereocenters. The largest absolute Gasteiger partial charge is 0.404 e. The Kier molecular flexibility index (Phi) is 9.38. The van der Waals surface area contributed by atoms with E-state index in [0.29, 0.717) is 5.41 Å². The molecule has 0 saturated heterocycles. The van der Waals surface area contributed by atoms with Gasteiger partial charge in [-0.3, -0.25) is 4.99 Å². The zero-order valence-corrected chi connectivity index (χ0v) is 30.9. The molecule has 2 aromatic rings. The predicted molar refractivity (Wildman–Crippen MR) is 195 cm³/mol. The monoisotopic (exact) mass is 625 g/mol. The van der Waals surface area contributed by atoms with Gasteiger partial charge in [0.25, 0.3) is 8.32 Å². The molecule has 2 nitrogen and oxygen atoms in total. The van der Waals surface area contributed by atoms with Crippen molar-refractivity contribution in [2.45, 2.75) is 131 Å². The summed E-state index contributed by atoms with van der Waals surface area (Å²) in [4.78, 5) is 5.58.